The summed E-state index contributed by atoms with van der Waals surface area (Å²) >= 11 is 1.64. The topological polar surface area (TPSA) is 68.3 Å². The van der Waals surface area contributed by atoms with Crippen LogP contribution in [0.3, 0.4) is 0 Å². The lowest BCUT2D eigenvalue weighted by Gasteiger charge is -2.40. The average Bonchev–Trinajstić information content (AvgIpc) is 2.86. The molecule has 0 aromatic heterocycles. The molecule has 1 saturated heterocycles. The molecule has 1 amide bonds. The van der Waals surface area contributed by atoms with Gasteiger partial charge < -0.3 is 17.4 Å². The highest BCUT2D eigenvalue weighted by atomic mass is 127. The van der Waals surface area contributed by atoms with Crippen molar-refractivity contribution >= 4 is 34.9 Å². The monoisotopic (exact) mass is 580 g/mol. The first-order valence-corrected chi connectivity index (χ1v) is 12.5. The van der Waals surface area contributed by atoms with Gasteiger partial charge >= 0.3 is 5.97 Å². The van der Waals surface area contributed by atoms with Crippen molar-refractivity contribution in [3.05, 3.63) is 59.7 Å². The van der Waals surface area contributed by atoms with E-state index in [1.807, 2.05) is 62.4 Å². The molecule has 3 rings (SSSR count). The second-order valence-corrected chi connectivity index (χ2v) is 9.19. The predicted octanol–water partition coefficient (Wildman–Crippen LogP) is 4.34. The predicted molar refractivity (Wildman–Crippen MR) is 139 cm³/mol. The van der Waals surface area contributed by atoms with Crippen LogP contribution in [0.5, 0.6) is 11.5 Å². The summed E-state index contributed by atoms with van der Waals surface area (Å²) in [4.78, 5) is 29.1. The van der Waals surface area contributed by atoms with Crippen LogP contribution in [0.2, 0.25) is 0 Å². The second kappa shape index (κ2) is 12.9. The first-order valence-electron chi connectivity index (χ1n) is 11.6. The number of likely N-dealkylation sites (N-methyl/N-ethyl adjacent to an activating group) is 1. The number of hydrogen-bond acceptors (Lipinski definition) is 6. The quantitative estimate of drug-likeness (QED) is 0.308. The third kappa shape index (κ3) is 7.59. The van der Waals surface area contributed by atoms with Crippen molar-refractivity contribution in [3.8, 4) is 11.5 Å². The lowest BCUT2D eigenvalue weighted by molar-refractivity contribution is -0.143. The molecule has 2 unspecified atom stereocenters. The molecule has 2 aromatic rings. The van der Waals surface area contributed by atoms with Crippen LogP contribution < -0.4 is 9.47 Å². The number of carbonyl (C=O) groups excluding carboxylic acids is 2. The number of likely N-dealkylation sites (tertiary alicyclic amines) is 1. The van der Waals surface area contributed by atoms with E-state index in [1.54, 1.807) is 35.0 Å². The highest BCUT2D eigenvalue weighted by Gasteiger charge is 2.36. The van der Waals surface area contributed by atoms with Crippen molar-refractivity contribution in [1.82, 2.24) is 9.80 Å². The lowest BCUT2D eigenvalue weighted by atomic mass is 9.95. The summed E-state index contributed by atoms with van der Waals surface area (Å²) in [5, 5.41) is 0. The van der Waals surface area contributed by atoms with Crippen molar-refractivity contribution in [2.45, 2.75) is 45.2 Å². The number of nitrogens with zero attached hydrogens (tertiary/aromatic N) is 2. The Morgan fingerprint density at radius 1 is 1.00 bits per heavy atom. The maximum Gasteiger partial charge on any atom is 0.332 e. The largest absolute Gasteiger partial charge is 0.494 e. The van der Waals surface area contributed by atoms with E-state index in [0.717, 1.165) is 30.7 Å². The molecule has 2 atom stereocenters. The van der Waals surface area contributed by atoms with Crippen LogP contribution >= 0.6 is 23.0 Å². The van der Waals surface area contributed by atoms with Gasteiger partial charge in [0.15, 0.2) is 29.6 Å². The van der Waals surface area contributed by atoms with Gasteiger partial charge in [0, 0.05) is 26.2 Å². The van der Waals surface area contributed by atoms with Crippen molar-refractivity contribution in [1.29, 1.82) is 0 Å². The van der Waals surface area contributed by atoms with Gasteiger partial charge in [-0.15, -0.1) is 0 Å². The zero-order valence-electron chi connectivity index (χ0n) is 20.0. The summed E-state index contributed by atoms with van der Waals surface area (Å²) in [6.45, 7) is 6.03. The number of amides is 1. The van der Waals surface area contributed by atoms with Gasteiger partial charge in [-0.2, -0.15) is 0 Å². The van der Waals surface area contributed by atoms with Crippen LogP contribution in [0.1, 0.15) is 30.4 Å². The molecule has 1 fully saturated rings. The molecule has 1 aliphatic rings. The molecular weight excluding hydrogens is 547 g/mol. The van der Waals surface area contributed by atoms with E-state index in [4.69, 9.17) is 12.5 Å². The van der Waals surface area contributed by atoms with Crippen LogP contribution in [-0.2, 0) is 12.7 Å². The molecule has 8 heteroatoms. The number of ether oxygens (including phenoxy) is 2. The third-order valence-electron chi connectivity index (χ3n) is 6.24. The zero-order valence-corrected chi connectivity index (χ0v) is 22.2. The minimum absolute atomic E-state index is 0.0302. The molecule has 2 aromatic carbocycles. The number of carbonyl (C=O) groups is 2. The first-order chi connectivity index (χ1) is 16.4. The Morgan fingerprint density at radius 3 is 2.18 bits per heavy atom. The molecule has 34 heavy (non-hydrogen) atoms. The second-order valence-electron chi connectivity index (χ2n) is 8.75. The maximum absolute atomic E-state index is 12.7. The van der Waals surface area contributed by atoms with E-state index >= 15 is 0 Å². The highest BCUT2D eigenvalue weighted by Crippen LogP contribution is 2.24. The Hall–Kier alpha value is -2.33. The molecule has 1 heterocycles. The van der Waals surface area contributed by atoms with Gasteiger partial charge in [-0.25, -0.2) is 4.79 Å². The Balaban J connectivity index is 1.48. The SMILES string of the molecule is Cc1ccc(OCCCN2CCC(N(C)C(=O)COc3ccc(C)cc3)CC2C(=O)OI)cc1. The summed E-state index contributed by atoms with van der Waals surface area (Å²) in [5.74, 6) is 1.13. The zero-order chi connectivity index (χ0) is 24.5. The number of benzene rings is 2. The summed E-state index contributed by atoms with van der Waals surface area (Å²) in [6.07, 6.45) is 2.12. The standard InChI is InChI=1S/C26H33IN2O5/c1-19-5-9-22(10-6-19)32-16-4-14-29-15-13-21(17-24(29)26(31)34-27)28(3)25(30)18-33-23-11-7-20(2)8-12-23/h5-12,21,24H,4,13-18H2,1-3H3. The molecule has 0 bridgehead atoms. The Labute approximate surface area is 216 Å². The van der Waals surface area contributed by atoms with Crippen molar-refractivity contribution in [2.24, 2.45) is 0 Å². The number of rotatable bonds is 10. The summed E-state index contributed by atoms with van der Waals surface area (Å²) < 4.78 is 16.5. The van der Waals surface area contributed by atoms with Gasteiger partial charge in [0.2, 0.25) is 0 Å². The molecule has 0 saturated carbocycles. The van der Waals surface area contributed by atoms with Gasteiger partial charge in [0.05, 0.1) is 6.61 Å². The third-order valence-corrected chi connectivity index (χ3v) is 6.67. The van der Waals surface area contributed by atoms with Crippen LogP contribution in [-0.4, -0.2) is 67.1 Å². The molecule has 1 aliphatic heterocycles. The van der Waals surface area contributed by atoms with E-state index < -0.39 is 0 Å². The molecule has 0 radical (unpaired) electrons. The molecule has 0 spiro atoms. The highest BCUT2D eigenvalue weighted by molar-refractivity contribution is 14.1. The van der Waals surface area contributed by atoms with Crippen LogP contribution in [0.4, 0.5) is 0 Å². The smallest absolute Gasteiger partial charge is 0.332 e. The van der Waals surface area contributed by atoms with E-state index in [-0.39, 0.29) is 30.6 Å². The summed E-state index contributed by atoms with van der Waals surface area (Å²) in [6, 6.07) is 15.2. The summed E-state index contributed by atoms with van der Waals surface area (Å²) in [7, 11) is 1.78. The minimum Gasteiger partial charge on any atom is -0.494 e. The summed E-state index contributed by atoms with van der Waals surface area (Å²) in [5.41, 5.74) is 2.33. The maximum atomic E-state index is 12.7. The fraction of sp³-hybridized carbons (Fsp3) is 0.462. The number of piperidine rings is 1. The van der Waals surface area contributed by atoms with Gasteiger partial charge in [-0.1, -0.05) is 35.4 Å². The molecular formula is C26H33IN2O5. The van der Waals surface area contributed by atoms with Crippen LogP contribution in [0.15, 0.2) is 48.5 Å². The Morgan fingerprint density at radius 2 is 1.59 bits per heavy atom. The fourth-order valence-corrected chi connectivity index (χ4v) is 4.38. The van der Waals surface area contributed by atoms with Crippen molar-refractivity contribution in [3.63, 3.8) is 0 Å². The average molecular weight is 580 g/mol. The van der Waals surface area contributed by atoms with Crippen molar-refractivity contribution < 1.29 is 22.1 Å². The van der Waals surface area contributed by atoms with Gasteiger partial charge in [0.1, 0.15) is 17.5 Å². The fourth-order valence-electron chi connectivity index (χ4n) is 4.09. The van der Waals surface area contributed by atoms with Crippen LogP contribution in [0.25, 0.3) is 0 Å². The van der Waals surface area contributed by atoms with Gasteiger partial charge in [-0.05, 0) is 57.4 Å². The Bertz CT molecular complexity index is 935. The van der Waals surface area contributed by atoms with Crippen LogP contribution in [0, 0.1) is 13.8 Å². The lowest BCUT2D eigenvalue weighted by Crippen LogP contribution is -2.54. The van der Waals surface area contributed by atoms with E-state index in [0.29, 0.717) is 25.3 Å². The normalized spacial score (nSPS) is 18.2. The molecule has 184 valence electrons. The number of halogens is 1. The first kappa shape index (κ1) is 26.3. The molecule has 7 nitrogen and oxygen atoms in total. The molecule has 0 aliphatic carbocycles. The number of aryl methyl sites for hydroxylation is 2. The minimum atomic E-state index is -0.386. The molecule has 0 N–H and O–H groups in total. The van der Waals surface area contributed by atoms with E-state index in [9.17, 15) is 9.59 Å². The van der Waals surface area contributed by atoms with Gasteiger partial charge in [0.25, 0.3) is 5.91 Å². The Kier molecular flexibility index (Phi) is 10.0. The van der Waals surface area contributed by atoms with E-state index in [1.165, 1.54) is 5.56 Å². The van der Waals surface area contributed by atoms with E-state index in [2.05, 4.69) is 4.90 Å². The van der Waals surface area contributed by atoms with Gasteiger partial charge in [-0.3, -0.25) is 9.69 Å². The van der Waals surface area contributed by atoms with Crippen molar-refractivity contribution in [2.75, 3.05) is 33.4 Å². The number of hydrogen-bond donors (Lipinski definition) is 0.